The van der Waals surface area contributed by atoms with Crippen LogP contribution in [0.3, 0.4) is 0 Å². The molecule has 3 aromatic rings. The molecule has 3 aromatic carbocycles. The van der Waals surface area contributed by atoms with Gasteiger partial charge in [0.1, 0.15) is 17.2 Å². The summed E-state index contributed by atoms with van der Waals surface area (Å²) in [6.07, 6.45) is 0. The Hall–Kier alpha value is -4.13. The van der Waals surface area contributed by atoms with Gasteiger partial charge in [0.15, 0.2) is 5.78 Å². The van der Waals surface area contributed by atoms with Crippen LogP contribution in [0.1, 0.15) is 27.0 Å². The lowest BCUT2D eigenvalue weighted by Gasteiger charge is -2.15. The predicted octanol–water partition coefficient (Wildman–Crippen LogP) is 4.06. The topological polar surface area (TPSA) is 113 Å². The molecule has 0 saturated carbocycles. The van der Waals surface area contributed by atoms with Crippen LogP contribution in [0.4, 0.5) is 5.69 Å². The average Bonchev–Trinajstić information content (AvgIpc) is 2.72. The van der Waals surface area contributed by atoms with Gasteiger partial charge in [-0.15, -0.1) is 0 Å². The van der Waals surface area contributed by atoms with Crippen LogP contribution in [-0.4, -0.2) is 27.9 Å². The zero-order chi connectivity index (χ0) is 21.8. The second-order valence-corrected chi connectivity index (χ2v) is 6.67. The fourth-order valence-corrected chi connectivity index (χ4v) is 2.99. The highest BCUT2D eigenvalue weighted by molar-refractivity contribution is 6.36. The van der Waals surface area contributed by atoms with E-state index in [2.05, 4.69) is 5.32 Å². The summed E-state index contributed by atoms with van der Waals surface area (Å²) in [5.74, 6) is -2.36. The minimum absolute atomic E-state index is 0.111. The molecule has 0 aromatic heterocycles. The molecule has 0 spiro atoms. The van der Waals surface area contributed by atoms with E-state index in [-0.39, 0.29) is 17.1 Å². The summed E-state index contributed by atoms with van der Waals surface area (Å²) < 4.78 is 5.94. The summed E-state index contributed by atoms with van der Waals surface area (Å²) in [7, 11) is 0. The Balaban J connectivity index is 1.89. The fourth-order valence-electron chi connectivity index (χ4n) is 2.99. The van der Waals surface area contributed by atoms with Crippen LogP contribution in [0.2, 0.25) is 0 Å². The van der Waals surface area contributed by atoms with Crippen molar-refractivity contribution in [2.75, 3.05) is 5.32 Å². The van der Waals surface area contributed by atoms with Gasteiger partial charge in [0.2, 0.25) is 0 Å². The standard InChI is InChI=1S/C23H19NO6/c1-13-10-16(24-22(27)23(28)29)11-14(2)21(13)30-17-8-9-19(25)18(12-17)20(26)15-6-4-3-5-7-15/h3-12,25H,1-2H3,(H,24,27)(H,28,29). The van der Waals surface area contributed by atoms with E-state index in [4.69, 9.17) is 9.84 Å². The number of aryl methyl sites for hydroxylation is 2. The van der Waals surface area contributed by atoms with E-state index >= 15 is 0 Å². The van der Waals surface area contributed by atoms with Crippen LogP contribution in [-0.2, 0) is 9.59 Å². The second kappa shape index (κ2) is 8.48. The Morgan fingerprint density at radius 2 is 1.53 bits per heavy atom. The van der Waals surface area contributed by atoms with Crippen LogP contribution in [0.15, 0.2) is 60.7 Å². The molecule has 0 aliphatic carbocycles. The Bertz CT molecular complexity index is 1110. The van der Waals surface area contributed by atoms with Crippen LogP contribution in [0.25, 0.3) is 0 Å². The largest absolute Gasteiger partial charge is 0.507 e. The van der Waals surface area contributed by atoms with Crippen molar-refractivity contribution in [3.05, 3.63) is 82.9 Å². The number of rotatable bonds is 5. The van der Waals surface area contributed by atoms with Crippen molar-refractivity contribution in [2.24, 2.45) is 0 Å². The maximum atomic E-state index is 12.7. The van der Waals surface area contributed by atoms with Gasteiger partial charge in [-0.1, -0.05) is 30.3 Å². The molecule has 0 aliphatic heterocycles. The van der Waals surface area contributed by atoms with Gasteiger partial charge >= 0.3 is 11.9 Å². The number of hydrogen-bond acceptors (Lipinski definition) is 5. The van der Waals surface area contributed by atoms with E-state index in [0.29, 0.717) is 33.9 Å². The van der Waals surface area contributed by atoms with Crippen molar-refractivity contribution in [3.8, 4) is 17.2 Å². The van der Waals surface area contributed by atoms with Gasteiger partial charge in [-0.3, -0.25) is 9.59 Å². The van der Waals surface area contributed by atoms with E-state index in [1.807, 2.05) is 0 Å². The molecule has 0 atom stereocenters. The summed E-state index contributed by atoms with van der Waals surface area (Å²) in [4.78, 5) is 34.8. The number of benzene rings is 3. The summed E-state index contributed by atoms with van der Waals surface area (Å²) in [6, 6.07) is 16.1. The molecule has 0 heterocycles. The number of ketones is 1. The summed E-state index contributed by atoms with van der Waals surface area (Å²) >= 11 is 0. The zero-order valence-electron chi connectivity index (χ0n) is 16.3. The lowest BCUT2D eigenvalue weighted by molar-refractivity contribution is -0.147. The maximum absolute atomic E-state index is 12.7. The number of ether oxygens (including phenoxy) is 1. The van der Waals surface area contributed by atoms with Crippen LogP contribution >= 0.6 is 0 Å². The van der Waals surface area contributed by atoms with Crippen molar-refractivity contribution in [3.63, 3.8) is 0 Å². The molecule has 152 valence electrons. The van der Waals surface area contributed by atoms with Crippen molar-refractivity contribution in [2.45, 2.75) is 13.8 Å². The number of phenolic OH excluding ortho intramolecular Hbond substituents is 1. The lowest BCUT2D eigenvalue weighted by atomic mass is 10.0. The third kappa shape index (κ3) is 4.47. The van der Waals surface area contributed by atoms with E-state index < -0.39 is 11.9 Å². The molecule has 0 radical (unpaired) electrons. The van der Waals surface area contributed by atoms with E-state index in [1.165, 1.54) is 18.2 Å². The minimum Gasteiger partial charge on any atom is -0.507 e. The number of carbonyl (C=O) groups is 3. The van der Waals surface area contributed by atoms with Gasteiger partial charge in [-0.2, -0.15) is 0 Å². The SMILES string of the molecule is Cc1cc(NC(=O)C(=O)O)cc(C)c1Oc1ccc(O)c(C(=O)c2ccccc2)c1. The highest BCUT2D eigenvalue weighted by Gasteiger charge is 2.17. The van der Waals surface area contributed by atoms with Crippen molar-refractivity contribution in [1.82, 2.24) is 0 Å². The molecular weight excluding hydrogens is 386 g/mol. The number of aromatic hydroxyl groups is 1. The molecule has 7 nitrogen and oxygen atoms in total. The van der Waals surface area contributed by atoms with E-state index in [9.17, 15) is 19.5 Å². The highest BCUT2D eigenvalue weighted by Crippen LogP contribution is 2.34. The summed E-state index contributed by atoms with van der Waals surface area (Å²) in [5, 5.41) is 21.2. The van der Waals surface area contributed by atoms with Gasteiger partial charge in [-0.05, 0) is 55.3 Å². The lowest BCUT2D eigenvalue weighted by Crippen LogP contribution is -2.21. The number of aliphatic carboxylic acids is 1. The van der Waals surface area contributed by atoms with Gasteiger partial charge < -0.3 is 20.3 Å². The number of carboxylic acids is 1. The number of anilines is 1. The Morgan fingerprint density at radius 3 is 2.13 bits per heavy atom. The third-order valence-corrected chi connectivity index (χ3v) is 4.38. The van der Waals surface area contributed by atoms with Gasteiger partial charge in [-0.25, -0.2) is 4.79 Å². The molecule has 1 amide bonds. The number of carbonyl (C=O) groups excluding carboxylic acids is 2. The molecule has 3 rings (SSSR count). The second-order valence-electron chi connectivity index (χ2n) is 6.67. The molecule has 0 bridgehead atoms. The first-order valence-electron chi connectivity index (χ1n) is 9.02. The van der Waals surface area contributed by atoms with Crippen LogP contribution in [0, 0.1) is 13.8 Å². The maximum Gasteiger partial charge on any atom is 0.394 e. The normalized spacial score (nSPS) is 10.3. The van der Waals surface area contributed by atoms with Gasteiger partial charge in [0, 0.05) is 11.3 Å². The van der Waals surface area contributed by atoms with Crippen LogP contribution in [0.5, 0.6) is 17.2 Å². The molecule has 0 saturated heterocycles. The molecular formula is C23H19NO6. The van der Waals surface area contributed by atoms with Crippen LogP contribution < -0.4 is 10.1 Å². The number of nitrogens with one attached hydrogen (secondary N) is 1. The number of phenols is 1. The van der Waals surface area contributed by atoms with E-state index in [0.717, 1.165) is 0 Å². The van der Waals surface area contributed by atoms with E-state index in [1.54, 1.807) is 56.3 Å². The average molecular weight is 405 g/mol. The smallest absolute Gasteiger partial charge is 0.394 e. The molecule has 7 heteroatoms. The molecule has 3 N–H and O–H groups in total. The van der Waals surface area contributed by atoms with Gasteiger partial charge in [0.05, 0.1) is 5.56 Å². The number of hydrogen-bond donors (Lipinski definition) is 3. The third-order valence-electron chi connectivity index (χ3n) is 4.38. The molecule has 0 aliphatic rings. The van der Waals surface area contributed by atoms with Gasteiger partial charge in [0.25, 0.3) is 0 Å². The van der Waals surface area contributed by atoms with Crippen molar-refractivity contribution < 1.29 is 29.3 Å². The minimum atomic E-state index is -1.58. The first-order chi connectivity index (χ1) is 14.3. The number of amides is 1. The zero-order valence-corrected chi connectivity index (χ0v) is 16.3. The molecule has 0 unspecified atom stereocenters. The highest BCUT2D eigenvalue weighted by atomic mass is 16.5. The first kappa shape index (κ1) is 20.6. The quantitative estimate of drug-likeness (QED) is 0.436. The van der Waals surface area contributed by atoms with Crippen molar-refractivity contribution in [1.29, 1.82) is 0 Å². The first-order valence-corrected chi connectivity index (χ1v) is 9.02. The molecule has 30 heavy (non-hydrogen) atoms. The monoisotopic (exact) mass is 405 g/mol. The Morgan fingerprint density at radius 1 is 0.900 bits per heavy atom. The Kier molecular flexibility index (Phi) is 5.83. The summed E-state index contributed by atoms with van der Waals surface area (Å²) in [6.45, 7) is 3.49. The van der Waals surface area contributed by atoms with Crippen molar-refractivity contribution >= 4 is 23.3 Å². The summed E-state index contributed by atoms with van der Waals surface area (Å²) in [5.41, 5.74) is 2.19. The fraction of sp³-hybridized carbons (Fsp3) is 0.0870. The Labute approximate surface area is 172 Å². The number of carboxylic acid groups (broad SMARTS) is 1. The predicted molar refractivity (Wildman–Crippen MR) is 110 cm³/mol. The molecule has 0 fully saturated rings.